The minimum Gasteiger partial charge on any atom is -0.295 e. The van der Waals surface area contributed by atoms with Gasteiger partial charge in [0.25, 0.3) is 5.91 Å². The summed E-state index contributed by atoms with van der Waals surface area (Å²) in [5, 5.41) is 3.90. The molecule has 0 spiro atoms. The van der Waals surface area contributed by atoms with Gasteiger partial charge in [0.2, 0.25) is 0 Å². The molecule has 4 aromatic rings. The van der Waals surface area contributed by atoms with Crippen molar-refractivity contribution in [3.8, 4) is 0 Å². The van der Waals surface area contributed by atoms with E-state index in [1.54, 1.807) is 23.3 Å². The Morgan fingerprint density at radius 3 is 2.37 bits per heavy atom. The van der Waals surface area contributed by atoms with Gasteiger partial charge in [-0.3, -0.25) is 15.2 Å². The summed E-state index contributed by atoms with van der Waals surface area (Å²) in [7, 11) is 0. The molecule has 132 valence electrons. The second-order valence-electron chi connectivity index (χ2n) is 6.22. The predicted octanol–water partition coefficient (Wildman–Crippen LogP) is 4.90. The zero-order valence-electron chi connectivity index (χ0n) is 14.7. The van der Waals surface area contributed by atoms with Crippen molar-refractivity contribution in [2.24, 2.45) is 0 Å². The molecular weight excluding hydrogens is 334 g/mol. The molecule has 0 saturated heterocycles. The van der Waals surface area contributed by atoms with E-state index in [-0.39, 0.29) is 5.91 Å². The molecule has 0 atom stereocenters. The normalized spacial score (nSPS) is 10.5. The van der Waals surface area contributed by atoms with E-state index >= 15 is 0 Å². The lowest BCUT2D eigenvalue weighted by Crippen LogP contribution is -2.36. The molecule has 1 aromatic heterocycles. The van der Waals surface area contributed by atoms with E-state index in [4.69, 9.17) is 0 Å². The lowest BCUT2D eigenvalue weighted by atomic mass is 10.0. The first kappa shape index (κ1) is 16.8. The highest BCUT2D eigenvalue weighted by atomic mass is 16.2. The maximum atomic E-state index is 13.1. The van der Waals surface area contributed by atoms with Crippen LogP contribution in [0.2, 0.25) is 0 Å². The highest BCUT2D eigenvalue weighted by molar-refractivity contribution is 5.93. The Morgan fingerprint density at radius 1 is 0.815 bits per heavy atom. The number of amides is 1. The fourth-order valence-electron chi connectivity index (χ4n) is 3.06. The number of benzene rings is 3. The minimum atomic E-state index is -0.174. The predicted molar refractivity (Wildman–Crippen MR) is 108 cm³/mol. The van der Waals surface area contributed by atoms with E-state index in [0.29, 0.717) is 12.2 Å². The molecule has 0 radical (unpaired) electrons. The molecule has 0 bridgehead atoms. The van der Waals surface area contributed by atoms with Gasteiger partial charge in [-0.25, -0.2) is 5.01 Å². The highest BCUT2D eigenvalue weighted by Gasteiger charge is 2.18. The van der Waals surface area contributed by atoms with Crippen LogP contribution in [0.15, 0.2) is 97.2 Å². The number of carbonyl (C=O) groups excluding carboxylic acids is 1. The molecule has 1 N–H and O–H groups in total. The van der Waals surface area contributed by atoms with E-state index in [0.717, 1.165) is 22.0 Å². The van der Waals surface area contributed by atoms with Gasteiger partial charge in [0.05, 0.1) is 12.2 Å². The van der Waals surface area contributed by atoms with Gasteiger partial charge in [0, 0.05) is 6.20 Å². The van der Waals surface area contributed by atoms with Gasteiger partial charge in [-0.1, -0.05) is 66.7 Å². The third kappa shape index (κ3) is 3.80. The van der Waals surface area contributed by atoms with Gasteiger partial charge >= 0.3 is 0 Å². The van der Waals surface area contributed by atoms with Gasteiger partial charge < -0.3 is 0 Å². The van der Waals surface area contributed by atoms with Crippen molar-refractivity contribution in [2.45, 2.75) is 6.54 Å². The zero-order chi connectivity index (χ0) is 18.5. The second kappa shape index (κ2) is 7.70. The van der Waals surface area contributed by atoms with Crippen LogP contribution in [0.5, 0.6) is 0 Å². The number of hydrogen-bond donors (Lipinski definition) is 1. The number of nitrogens with zero attached hydrogens (tertiary/aromatic N) is 2. The maximum absolute atomic E-state index is 13.1. The lowest BCUT2D eigenvalue weighted by molar-refractivity contribution is 0.0778. The minimum absolute atomic E-state index is 0.174. The van der Waals surface area contributed by atoms with Crippen molar-refractivity contribution >= 4 is 22.4 Å². The molecule has 0 fully saturated rings. The van der Waals surface area contributed by atoms with E-state index in [9.17, 15) is 4.79 Å². The van der Waals surface area contributed by atoms with Crippen LogP contribution < -0.4 is 5.43 Å². The number of hydrogen-bond acceptors (Lipinski definition) is 3. The molecule has 1 amide bonds. The van der Waals surface area contributed by atoms with Gasteiger partial charge in [-0.05, 0) is 40.6 Å². The average molecular weight is 353 g/mol. The molecule has 0 unspecified atom stereocenters. The molecule has 4 heteroatoms. The highest BCUT2D eigenvalue weighted by Crippen LogP contribution is 2.21. The van der Waals surface area contributed by atoms with Gasteiger partial charge in [0.15, 0.2) is 0 Å². The van der Waals surface area contributed by atoms with Gasteiger partial charge in [0.1, 0.15) is 5.69 Å². The SMILES string of the molecule is O=C(c1ccccn1)N(Cc1cccc2ccccc12)Nc1ccccc1. The summed E-state index contributed by atoms with van der Waals surface area (Å²) < 4.78 is 0. The second-order valence-corrected chi connectivity index (χ2v) is 6.22. The van der Waals surface area contributed by atoms with Crippen LogP contribution in [0.4, 0.5) is 5.69 Å². The number of para-hydroxylation sites is 1. The molecule has 27 heavy (non-hydrogen) atoms. The standard InChI is InChI=1S/C23H19N3O/c27-23(22-15-6-7-16-24-22)26(25-20-12-2-1-3-13-20)17-19-11-8-10-18-9-4-5-14-21(18)19/h1-16,25H,17H2. The number of fused-ring (bicyclic) bond motifs is 1. The number of hydrazine groups is 1. The zero-order valence-corrected chi connectivity index (χ0v) is 14.7. The van der Waals surface area contributed by atoms with Crippen LogP contribution in [-0.4, -0.2) is 15.9 Å². The van der Waals surface area contributed by atoms with E-state index in [1.807, 2.05) is 60.7 Å². The van der Waals surface area contributed by atoms with Crippen molar-refractivity contribution in [2.75, 3.05) is 5.43 Å². The smallest absolute Gasteiger partial charge is 0.291 e. The van der Waals surface area contributed by atoms with Gasteiger partial charge in [-0.15, -0.1) is 0 Å². The maximum Gasteiger partial charge on any atom is 0.291 e. The Balaban J connectivity index is 1.70. The molecule has 0 aliphatic heterocycles. The first-order valence-corrected chi connectivity index (χ1v) is 8.82. The van der Waals surface area contributed by atoms with Crippen LogP contribution in [0.3, 0.4) is 0 Å². The topological polar surface area (TPSA) is 45.2 Å². The summed E-state index contributed by atoms with van der Waals surface area (Å²) in [5.74, 6) is -0.174. The quantitative estimate of drug-likeness (QED) is 0.519. The Morgan fingerprint density at radius 2 is 1.56 bits per heavy atom. The summed E-state index contributed by atoms with van der Waals surface area (Å²) >= 11 is 0. The van der Waals surface area contributed by atoms with Crippen molar-refractivity contribution in [1.82, 2.24) is 9.99 Å². The first-order chi connectivity index (χ1) is 13.3. The third-order valence-corrected chi connectivity index (χ3v) is 4.38. The fraction of sp³-hybridized carbons (Fsp3) is 0.0435. The molecule has 0 saturated carbocycles. The largest absolute Gasteiger partial charge is 0.295 e. The monoisotopic (exact) mass is 353 g/mol. The van der Waals surface area contributed by atoms with E-state index < -0.39 is 0 Å². The molecule has 0 aliphatic rings. The van der Waals surface area contributed by atoms with Crippen LogP contribution >= 0.6 is 0 Å². The Hall–Kier alpha value is -3.66. The summed E-state index contributed by atoms with van der Waals surface area (Å²) in [5.41, 5.74) is 5.56. The first-order valence-electron chi connectivity index (χ1n) is 8.82. The van der Waals surface area contributed by atoms with Gasteiger partial charge in [-0.2, -0.15) is 0 Å². The molecule has 4 nitrogen and oxygen atoms in total. The number of nitrogens with one attached hydrogen (secondary N) is 1. The van der Waals surface area contributed by atoms with Crippen LogP contribution in [0, 0.1) is 0 Å². The van der Waals surface area contributed by atoms with Crippen molar-refractivity contribution in [3.63, 3.8) is 0 Å². The molecule has 4 rings (SSSR count). The Kier molecular flexibility index (Phi) is 4.79. The molecule has 3 aromatic carbocycles. The Bertz CT molecular complexity index is 1040. The average Bonchev–Trinajstić information content (AvgIpc) is 2.74. The van der Waals surface area contributed by atoms with Crippen molar-refractivity contribution in [1.29, 1.82) is 0 Å². The molecular formula is C23H19N3O. The molecule has 1 heterocycles. The van der Waals surface area contributed by atoms with Crippen LogP contribution in [0.1, 0.15) is 16.1 Å². The summed E-state index contributed by atoms with van der Waals surface area (Å²) in [4.78, 5) is 17.3. The van der Waals surface area contributed by atoms with Crippen molar-refractivity contribution < 1.29 is 4.79 Å². The number of anilines is 1. The van der Waals surface area contributed by atoms with Crippen LogP contribution in [0.25, 0.3) is 10.8 Å². The van der Waals surface area contributed by atoms with E-state index in [1.165, 1.54) is 0 Å². The number of rotatable bonds is 5. The van der Waals surface area contributed by atoms with E-state index in [2.05, 4.69) is 28.6 Å². The fourth-order valence-corrected chi connectivity index (χ4v) is 3.06. The summed E-state index contributed by atoms with van der Waals surface area (Å²) in [6, 6.07) is 29.4. The van der Waals surface area contributed by atoms with Crippen molar-refractivity contribution in [3.05, 3.63) is 108 Å². The van der Waals surface area contributed by atoms with Crippen LogP contribution in [-0.2, 0) is 6.54 Å². The lowest BCUT2D eigenvalue weighted by Gasteiger charge is -2.25. The summed E-state index contributed by atoms with van der Waals surface area (Å²) in [6.07, 6.45) is 1.63. The summed E-state index contributed by atoms with van der Waals surface area (Å²) in [6.45, 7) is 0.422. The third-order valence-electron chi connectivity index (χ3n) is 4.38. The number of pyridine rings is 1. The molecule has 0 aliphatic carbocycles. The number of aromatic nitrogens is 1. The number of carbonyl (C=O) groups is 1. The Labute approximate surface area is 158 Å².